The monoisotopic (exact) mass is 444 g/mol. The van der Waals surface area contributed by atoms with Crippen molar-refractivity contribution in [3.63, 3.8) is 0 Å². The summed E-state index contributed by atoms with van der Waals surface area (Å²) in [7, 11) is 3.22. The fourth-order valence-electron chi connectivity index (χ4n) is 3.91. The molecule has 0 aliphatic carbocycles. The molecule has 2 aromatic heterocycles. The molecule has 7 nitrogen and oxygen atoms in total. The molecule has 0 atom stereocenters. The summed E-state index contributed by atoms with van der Waals surface area (Å²) in [4.78, 5) is 17.8. The maximum atomic E-state index is 13.1. The van der Waals surface area contributed by atoms with Crippen molar-refractivity contribution in [1.82, 2.24) is 20.1 Å². The molecule has 0 saturated carbocycles. The number of rotatable bonds is 7. The predicted octanol–water partition coefficient (Wildman–Crippen LogP) is 4.34. The van der Waals surface area contributed by atoms with Crippen LogP contribution in [0.4, 0.5) is 0 Å². The standard InChI is InChI=1S/C26H28N4O3/c1-16-6-9-20(10-7-16)30-25-24(18(3)29-30)21(14-17(2)28-25)26(31)27-13-12-19-8-11-22(32-4)23(15-19)33-5/h6-11,14-15H,12-13H2,1-5H3,(H,27,31). The Morgan fingerprint density at radius 2 is 1.70 bits per heavy atom. The van der Waals surface area contributed by atoms with Gasteiger partial charge < -0.3 is 14.8 Å². The Hall–Kier alpha value is -3.87. The Morgan fingerprint density at radius 3 is 2.39 bits per heavy atom. The van der Waals surface area contributed by atoms with Crippen molar-refractivity contribution in [3.05, 3.63) is 76.6 Å². The number of amides is 1. The Labute approximate surface area is 193 Å². The zero-order chi connectivity index (χ0) is 23.5. The van der Waals surface area contributed by atoms with Gasteiger partial charge in [0.25, 0.3) is 5.91 Å². The van der Waals surface area contributed by atoms with Crippen LogP contribution in [0.15, 0.2) is 48.5 Å². The SMILES string of the molecule is COc1ccc(CCNC(=O)c2cc(C)nc3c2c(C)nn3-c2ccc(C)cc2)cc1OC. The molecule has 2 heterocycles. The molecular weight excluding hydrogens is 416 g/mol. The van der Waals surface area contributed by atoms with Crippen LogP contribution < -0.4 is 14.8 Å². The van der Waals surface area contributed by atoms with Crippen LogP contribution in [0.3, 0.4) is 0 Å². The lowest BCUT2D eigenvalue weighted by atomic mass is 10.1. The zero-order valence-electron chi connectivity index (χ0n) is 19.6. The van der Waals surface area contributed by atoms with Crippen LogP contribution in [-0.4, -0.2) is 41.4 Å². The van der Waals surface area contributed by atoms with E-state index < -0.39 is 0 Å². The third-order valence-electron chi connectivity index (χ3n) is 5.61. The van der Waals surface area contributed by atoms with Gasteiger partial charge in [0.2, 0.25) is 0 Å². The molecule has 0 bridgehead atoms. The molecule has 0 aliphatic rings. The molecule has 1 N–H and O–H groups in total. The lowest BCUT2D eigenvalue weighted by Crippen LogP contribution is -2.26. The Morgan fingerprint density at radius 1 is 0.970 bits per heavy atom. The minimum atomic E-state index is -0.141. The van der Waals surface area contributed by atoms with Gasteiger partial charge >= 0.3 is 0 Å². The lowest BCUT2D eigenvalue weighted by molar-refractivity contribution is 0.0955. The number of benzene rings is 2. The van der Waals surface area contributed by atoms with Gasteiger partial charge in [-0.15, -0.1) is 0 Å². The van der Waals surface area contributed by atoms with Crippen LogP contribution in [0.1, 0.15) is 32.9 Å². The van der Waals surface area contributed by atoms with E-state index in [0.717, 1.165) is 28.0 Å². The number of carbonyl (C=O) groups excluding carboxylic acids is 1. The predicted molar refractivity (Wildman–Crippen MR) is 129 cm³/mol. The van der Waals surface area contributed by atoms with Crippen molar-refractivity contribution in [2.45, 2.75) is 27.2 Å². The minimum absolute atomic E-state index is 0.141. The van der Waals surface area contributed by atoms with E-state index in [2.05, 4.69) is 10.4 Å². The van der Waals surface area contributed by atoms with Crippen LogP contribution >= 0.6 is 0 Å². The summed E-state index contributed by atoms with van der Waals surface area (Å²) in [6.45, 7) is 6.33. The number of methoxy groups -OCH3 is 2. The molecular formula is C26H28N4O3. The van der Waals surface area contributed by atoms with Crippen molar-refractivity contribution >= 4 is 16.9 Å². The van der Waals surface area contributed by atoms with E-state index in [-0.39, 0.29) is 5.91 Å². The number of hydrogen-bond donors (Lipinski definition) is 1. The van der Waals surface area contributed by atoms with Gasteiger partial charge in [0, 0.05) is 12.2 Å². The molecule has 2 aromatic carbocycles. The molecule has 7 heteroatoms. The van der Waals surface area contributed by atoms with Gasteiger partial charge in [-0.1, -0.05) is 23.8 Å². The number of hydrogen-bond acceptors (Lipinski definition) is 5. The lowest BCUT2D eigenvalue weighted by Gasteiger charge is -2.11. The Balaban J connectivity index is 1.58. The van der Waals surface area contributed by atoms with Gasteiger partial charge in [0.15, 0.2) is 17.1 Å². The molecule has 0 unspecified atom stereocenters. The first-order chi connectivity index (χ1) is 15.9. The highest BCUT2D eigenvalue weighted by Gasteiger charge is 2.19. The number of fused-ring (bicyclic) bond motifs is 1. The van der Waals surface area contributed by atoms with Crippen molar-refractivity contribution in [1.29, 1.82) is 0 Å². The number of aryl methyl sites for hydroxylation is 3. The maximum Gasteiger partial charge on any atom is 0.252 e. The van der Waals surface area contributed by atoms with E-state index in [9.17, 15) is 4.79 Å². The largest absolute Gasteiger partial charge is 0.493 e. The van der Waals surface area contributed by atoms with E-state index in [1.165, 1.54) is 5.56 Å². The number of pyridine rings is 1. The van der Waals surface area contributed by atoms with Crippen LogP contribution in [0.2, 0.25) is 0 Å². The highest BCUT2D eigenvalue weighted by atomic mass is 16.5. The van der Waals surface area contributed by atoms with Crippen LogP contribution in [0, 0.1) is 20.8 Å². The summed E-state index contributed by atoms with van der Waals surface area (Å²) in [6.07, 6.45) is 0.668. The highest BCUT2D eigenvalue weighted by molar-refractivity contribution is 6.06. The summed E-state index contributed by atoms with van der Waals surface area (Å²) in [6, 6.07) is 15.7. The quantitative estimate of drug-likeness (QED) is 0.459. The van der Waals surface area contributed by atoms with Crippen molar-refractivity contribution in [2.75, 3.05) is 20.8 Å². The first kappa shape index (κ1) is 22.3. The van der Waals surface area contributed by atoms with Gasteiger partial charge in [0.1, 0.15) is 0 Å². The smallest absolute Gasteiger partial charge is 0.252 e. The normalized spacial score (nSPS) is 10.9. The van der Waals surface area contributed by atoms with Crippen molar-refractivity contribution in [3.8, 4) is 17.2 Å². The first-order valence-corrected chi connectivity index (χ1v) is 10.8. The summed E-state index contributed by atoms with van der Waals surface area (Å²) in [5, 5.41) is 8.49. The van der Waals surface area contributed by atoms with E-state index in [1.807, 2.05) is 69.3 Å². The average molecular weight is 445 g/mol. The van der Waals surface area contributed by atoms with Gasteiger partial charge in [-0.25, -0.2) is 9.67 Å². The van der Waals surface area contributed by atoms with Crippen LogP contribution in [-0.2, 0) is 6.42 Å². The van der Waals surface area contributed by atoms with Crippen LogP contribution in [0.5, 0.6) is 11.5 Å². The fourth-order valence-corrected chi connectivity index (χ4v) is 3.91. The van der Waals surface area contributed by atoms with Crippen molar-refractivity contribution < 1.29 is 14.3 Å². The fraction of sp³-hybridized carbons (Fsp3) is 0.269. The number of ether oxygens (including phenoxy) is 2. The molecule has 0 spiro atoms. The molecule has 0 saturated heterocycles. The van der Waals surface area contributed by atoms with Crippen LogP contribution in [0.25, 0.3) is 16.7 Å². The number of carbonyl (C=O) groups is 1. The Bertz CT molecular complexity index is 1310. The summed E-state index contributed by atoms with van der Waals surface area (Å²) in [5.74, 6) is 1.21. The number of nitrogens with zero attached hydrogens (tertiary/aromatic N) is 3. The minimum Gasteiger partial charge on any atom is -0.493 e. The summed E-state index contributed by atoms with van der Waals surface area (Å²) in [5.41, 5.74) is 5.93. The Kier molecular flexibility index (Phi) is 6.31. The first-order valence-electron chi connectivity index (χ1n) is 10.8. The zero-order valence-corrected chi connectivity index (χ0v) is 19.6. The number of nitrogens with one attached hydrogen (secondary N) is 1. The van der Waals surface area contributed by atoms with Gasteiger partial charge in [-0.2, -0.15) is 5.10 Å². The second-order valence-electron chi connectivity index (χ2n) is 8.04. The van der Waals surface area contributed by atoms with E-state index >= 15 is 0 Å². The third kappa shape index (κ3) is 4.53. The van der Waals surface area contributed by atoms with E-state index in [1.54, 1.807) is 18.9 Å². The van der Waals surface area contributed by atoms with E-state index in [4.69, 9.17) is 14.5 Å². The molecule has 1 amide bonds. The van der Waals surface area contributed by atoms with Gasteiger partial charge in [-0.3, -0.25) is 4.79 Å². The molecule has 0 radical (unpaired) electrons. The second kappa shape index (κ2) is 9.32. The molecule has 33 heavy (non-hydrogen) atoms. The van der Waals surface area contributed by atoms with Crippen molar-refractivity contribution in [2.24, 2.45) is 0 Å². The molecule has 4 rings (SSSR count). The maximum absolute atomic E-state index is 13.1. The number of aromatic nitrogens is 3. The molecule has 4 aromatic rings. The van der Waals surface area contributed by atoms with Gasteiger partial charge in [-0.05, 0) is 63.1 Å². The highest BCUT2D eigenvalue weighted by Crippen LogP contribution is 2.28. The average Bonchev–Trinajstić information content (AvgIpc) is 3.14. The summed E-state index contributed by atoms with van der Waals surface area (Å²) < 4.78 is 12.5. The second-order valence-corrected chi connectivity index (χ2v) is 8.04. The van der Waals surface area contributed by atoms with E-state index in [0.29, 0.717) is 35.7 Å². The molecule has 170 valence electrons. The summed E-state index contributed by atoms with van der Waals surface area (Å²) >= 11 is 0. The van der Waals surface area contributed by atoms with Gasteiger partial charge in [0.05, 0.1) is 36.6 Å². The molecule has 0 aliphatic heterocycles. The molecule has 0 fully saturated rings. The topological polar surface area (TPSA) is 78.3 Å². The third-order valence-corrected chi connectivity index (χ3v) is 5.61.